The molecule has 0 radical (unpaired) electrons. The maximum absolute atomic E-state index is 12.5. The fourth-order valence-corrected chi connectivity index (χ4v) is 3.92. The minimum absolute atomic E-state index is 0.256. The van der Waals surface area contributed by atoms with E-state index in [9.17, 15) is 19.4 Å². The topological polar surface area (TPSA) is 83.8 Å². The minimum atomic E-state index is -4.15. The van der Waals surface area contributed by atoms with E-state index in [1.165, 1.54) is 0 Å². The molecule has 3 aromatic rings. The number of carbonyl (C=O) groups is 1. The average molecular weight is 356 g/mol. The second-order valence-electron chi connectivity index (χ2n) is 5.71. The highest BCUT2D eigenvalue weighted by Gasteiger charge is 2.31. The maximum Gasteiger partial charge on any atom is 0.338 e. The molecule has 0 saturated heterocycles. The lowest BCUT2D eigenvalue weighted by molar-refractivity contribution is -0.145. The number of benzene rings is 3. The highest BCUT2D eigenvalue weighted by Crippen LogP contribution is 2.50. The number of fused-ring (bicyclic) bond motifs is 1. The summed E-state index contributed by atoms with van der Waals surface area (Å²) in [5.41, 5.74) is 0.935. The van der Waals surface area contributed by atoms with Crippen LogP contribution in [0.25, 0.3) is 10.8 Å². The predicted octanol–water partition coefficient (Wildman–Crippen LogP) is 4.37. The molecule has 6 heteroatoms. The van der Waals surface area contributed by atoms with E-state index >= 15 is 0 Å². The fourth-order valence-electron chi connectivity index (χ4n) is 2.65. The molecule has 2 N–H and O–H groups in total. The molecular formula is C19H17O5P. The van der Waals surface area contributed by atoms with Gasteiger partial charge in [0.1, 0.15) is 0 Å². The van der Waals surface area contributed by atoms with Gasteiger partial charge >= 0.3 is 13.6 Å². The van der Waals surface area contributed by atoms with Gasteiger partial charge in [0.2, 0.25) is 0 Å². The van der Waals surface area contributed by atoms with Crippen molar-refractivity contribution in [3.63, 3.8) is 0 Å². The van der Waals surface area contributed by atoms with Gasteiger partial charge in [-0.15, -0.1) is 0 Å². The molecule has 0 saturated carbocycles. The van der Waals surface area contributed by atoms with E-state index in [2.05, 4.69) is 0 Å². The van der Waals surface area contributed by atoms with E-state index in [0.717, 1.165) is 10.8 Å². The normalized spacial score (nSPS) is 14.8. The van der Waals surface area contributed by atoms with Gasteiger partial charge in [0.05, 0.1) is 6.16 Å². The summed E-state index contributed by atoms with van der Waals surface area (Å²) in [4.78, 5) is 21.6. The summed E-state index contributed by atoms with van der Waals surface area (Å²) in [7, 11) is -4.15. The number of carboxylic acid groups (broad SMARTS) is 1. The second kappa shape index (κ2) is 7.19. The SMILES string of the molecule is O=C(O)C(OP(=O)(O)Cc1ccc2ccccc2c1)c1ccccc1. The van der Waals surface area contributed by atoms with Gasteiger partial charge in [-0.25, -0.2) is 4.79 Å². The molecule has 2 atom stereocenters. The number of rotatable bonds is 6. The smallest absolute Gasteiger partial charge is 0.338 e. The Morgan fingerprint density at radius 3 is 2.28 bits per heavy atom. The summed E-state index contributed by atoms with van der Waals surface area (Å²) >= 11 is 0. The Morgan fingerprint density at radius 1 is 0.960 bits per heavy atom. The highest BCUT2D eigenvalue weighted by atomic mass is 31.2. The van der Waals surface area contributed by atoms with Gasteiger partial charge in [0, 0.05) is 0 Å². The van der Waals surface area contributed by atoms with Crippen LogP contribution in [0.1, 0.15) is 17.2 Å². The van der Waals surface area contributed by atoms with E-state index in [-0.39, 0.29) is 6.16 Å². The van der Waals surface area contributed by atoms with Gasteiger partial charge in [-0.2, -0.15) is 0 Å². The third kappa shape index (κ3) is 4.34. The lowest BCUT2D eigenvalue weighted by Gasteiger charge is -2.18. The molecule has 2 unspecified atom stereocenters. The van der Waals surface area contributed by atoms with Crippen molar-refractivity contribution in [3.05, 3.63) is 83.9 Å². The first-order valence-corrected chi connectivity index (χ1v) is 9.46. The molecule has 0 bridgehead atoms. The van der Waals surface area contributed by atoms with Crippen molar-refractivity contribution < 1.29 is 23.9 Å². The van der Waals surface area contributed by atoms with Crippen molar-refractivity contribution in [1.29, 1.82) is 0 Å². The van der Waals surface area contributed by atoms with Crippen molar-refractivity contribution in [2.75, 3.05) is 0 Å². The third-order valence-electron chi connectivity index (χ3n) is 3.79. The Balaban J connectivity index is 1.82. The third-order valence-corrected chi connectivity index (χ3v) is 5.10. The molecule has 0 fully saturated rings. The van der Waals surface area contributed by atoms with E-state index < -0.39 is 19.7 Å². The fraction of sp³-hybridized carbons (Fsp3) is 0.105. The number of carboxylic acids is 1. The van der Waals surface area contributed by atoms with E-state index in [0.29, 0.717) is 11.1 Å². The monoisotopic (exact) mass is 356 g/mol. The Kier molecular flexibility index (Phi) is 5.00. The van der Waals surface area contributed by atoms with E-state index in [1.807, 2.05) is 30.3 Å². The first kappa shape index (κ1) is 17.4. The lowest BCUT2D eigenvalue weighted by Crippen LogP contribution is -2.14. The Bertz CT molecular complexity index is 939. The minimum Gasteiger partial charge on any atom is -0.479 e. The molecular weight excluding hydrogens is 339 g/mol. The molecule has 0 amide bonds. The number of hydrogen-bond acceptors (Lipinski definition) is 3. The van der Waals surface area contributed by atoms with Gasteiger partial charge in [-0.3, -0.25) is 9.09 Å². The first-order chi connectivity index (χ1) is 11.9. The summed E-state index contributed by atoms with van der Waals surface area (Å²) in [6, 6.07) is 21.2. The molecule has 0 aromatic heterocycles. The molecule has 128 valence electrons. The number of hydrogen-bond donors (Lipinski definition) is 2. The van der Waals surface area contributed by atoms with Gasteiger partial charge in [0.25, 0.3) is 0 Å². The van der Waals surface area contributed by atoms with Crippen LogP contribution in [0.3, 0.4) is 0 Å². The van der Waals surface area contributed by atoms with Crippen LogP contribution in [0, 0.1) is 0 Å². The molecule has 5 nitrogen and oxygen atoms in total. The summed E-state index contributed by atoms with van der Waals surface area (Å²) in [5.74, 6) is -1.31. The Hall–Kier alpha value is -2.46. The van der Waals surface area contributed by atoms with Crippen LogP contribution in [0.4, 0.5) is 0 Å². The van der Waals surface area contributed by atoms with E-state index in [1.54, 1.807) is 42.5 Å². The van der Waals surface area contributed by atoms with Crippen LogP contribution >= 0.6 is 7.60 Å². The van der Waals surface area contributed by atoms with Gasteiger partial charge in [-0.05, 0) is 21.9 Å². The average Bonchev–Trinajstić information content (AvgIpc) is 2.60. The van der Waals surface area contributed by atoms with E-state index in [4.69, 9.17) is 4.52 Å². The quantitative estimate of drug-likeness (QED) is 0.641. The van der Waals surface area contributed by atoms with Crippen LogP contribution in [0.15, 0.2) is 72.8 Å². The number of aliphatic carboxylic acids is 1. The first-order valence-electron chi connectivity index (χ1n) is 7.70. The largest absolute Gasteiger partial charge is 0.479 e. The van der Waals surface area contributed by atoms with Crippen molar-refractivity contribution in [1.82, 2.24) is 0 Å². The molecule has 0 spiro atoms. The Labute approximate surface area is 145 Å². The van der Waals surface area contributed by atoms with Crippen LogP contribution in [0.5, 0.6) is 0 Å². The van der Waals surface area contributed by atoms with Crippen molar-refractivity contribution in [3.8, 4) is 0 Å². The molecule has 0 aliphatic rings. The van der Waals surface area contributed by atoms with Gasteiger partial charge in [-0.1, -0.05) is 72.8 Å². The van der Waals surface area contributed by atoms with Crippen molar-refractivity contribution >= 4 is 24.3 Å². The molecule has 0 heterocycles. The summed E-state index contributed by atoms with van der Waals surface area (Å²) in [6.07, 6.45) is -1.74. The van der Waals surface area contributed by atoms with Crippen LogP contribution in [0.2, 0.25) is 0 Å². The van der Waals surface area contributed by atoms with Gasteiger partial charge < -0.3 is 10.00 Å². The maximum atomic E-state index is 12.5. The lowest BCUT2D eigenvalue weighted by atomic mass is 10.1. The Morgan fingerprint density at radius 2 is 1.60 bits per heavy atom. The molecule has 0 aliphatic carbocycles. The van der Waals surface area contributed by atoms with Crippen molar-refractivity contribution in [2.45, 2.75) is 12.3 Å². The molecule has 3 rings (SSSR count). The standard InChI is InChI=1S/C19H17O5P/c20-19(21)18(16-7-2-1-3-8-16)24-25(22,23)13-14-10-11-15-6-4-5-9-17(15)12-14/h1-12,18H,13H2,(H,20,21)(H,22,23). The summed E-state index contributed by atoms with van der Waals surface area (Å²) < 4.78 is 17.6. The van der Waals surface area contributed by atoms with Gasteiger partial charge in [0.15, 0.2) is 6.10 Å². The van der Waals surface area contributed by atoms with Crippen molar-refractivity contribution in [2.24, 2.45) is 0 Å². The van der Waals surface area contributed by atoms with Crippen LogP contribution in [-0.4, -0.2) is 16.0 Å². The van der Waals surface area contributed by atoms with Crippen LogP contribution in [-0.2, 0) is 20.0 Å². The molecule has 3 aromatic carbocycles. The second-order valence-corrected chi connectivity index (χ2v) is 7.51. The summed E-state index contributed by atoms with van der Waals surface area (Å²) in [5, 5.41) is 11.3. The zero-order valence-corrected chi connectivity index (χ0v) is 14.2. The summed E-state index contributed by atoms with van der Waals surface area (Å²) in [6.45, 7) is 0. The zero-order chi connectivity index (χ0) is 17.9. The predicted molar refractivity (Wildman–Crippen MR) is 95.4 cm³/mol. The molecule has 0 aliphatic heterocycles. The van der Waals surface area contributed by atoms with Crippen LogP contribution < -0.4 is 0 Å². The zero-order valence-electron chi connectivity index (χ0n) is 13.3. The molecule has 25 heavy (non-hydrogen) atoms. The highest BCUT2D eigenvalue weighted by molar-refractivity contribution is 7.52.